The second kappa shape index (κ2) is 5.76. The first-order valence-electron chi connectivity index (χ1n) is 6.70. The first-order chi connectivity index (χ1) is 10.1. The van der Waals surface area contributed by atoms with Crippen molar-refractivity contribution >= 4 is 17.1 Å². The number of imidazole rings is 1. The van der Waals surface area contributed by atoms with Crippen LogP contribution in [0.15, 0.2) is 18.6 Å². The number of hydrogen-bond acceptors (Lipinski definition) is 6. The van der Waals surface area contributed by atoms with Crippen LogP contribution < -0.4 is 5.32 Å². The summed E-state index contributed by atoms with van der Waals surface area (Å²) >= 11 is 0. The van der Waals surface area contributed by atoms with E-state index in [-0.39, 0.29) is 12.5 Å². The number of nitrogens with one attached hydrogen (secondary N) is 2. The number of ether oxygens (including phenoxy) is 1. The molecule has 1 aliphatic rings. The first kappa shape index (κ1) is 13.9. The van der Waals surface area contributed by atoms with E-state index < -0.39 is 18.3 Å². The number of nitrogens with zero attached hydrogens (tertiary/aromatic N) is 2. The van der Waals surface area contributed by atoms with Crippen molar-refractivity contribution in [3.05, 3.63) is 24.2 Å². The lowest BCUT2D eigenvalue weighted by atomic mass is 10.0. The zero-order valence-electron chi connectivity index (χ0n) is 11.2. The predicted molar refractivity (Wildman–Crippen MR) is 72.6 cm³/mol. The Kier molecular flexibility index (Phi) is 3.82. The van der Waals surface area contributed by atoms with E-state index in [2.05, 4.69) is 20.3 Å². The average molecular weight is 292 g/mol. The van der Waals surface area contributed by atoms with Crippen molar-refractivity contribution in [1.82, 2.24) is 20.3 Å². The predicted octanol–water partition coefficient (Wildman–Crippen LogP) is -0.802. The number of hydrogen-bond donors (Lipinski definition) is 4. The molecule has 3 heterocycles. The van der Waals surface area contributed by atoms with Gasteiger partial charge in [-0.3, -0.25) is 4.79 Å². The fraction of sp³-hybridized carbons (Fsp3) is 0.462. The molecular weight excluding hydrogens is 276 g/mol. The van der Waals surface area contributed by atoms with Gasteiger partial charge in [0.25, 0.3) is 5.91 Å². The van der Waals surface area contributed by atoms with Crippen LogP contribution in [-0.4, -0.2) is 62.5 Å². The lowest BCUT2D eigenvalue weighted by molar-refractivity contribution is -0.132. The molecule has 1 aliphatic heterocycles. The molecule has 0 aliphatic carbocycles. The number of rotatable bonds is 3. The van der Waals surface area contributed by atoms with Crippen molar-refractivity contribution in [2.45, 2.75) is 24.7 Å². The minimum absolute atomic E-state index is 0.123. The van der Waals surface area contributed by atoms with Crippen LogP contribution in [0.4, 0.5) is 0 Å². The van der Waals surface area contributed by atoms with Crippen LogP contribution in [0.3, 0.4) is 0 Å². The summed E-state index contributed by atoms with van der Waals surface area (Å²) in [7, 11) is 0. The van der Waals surface area contributed by atoms with E-state index in [0.717, 1.165) is 0 Å². The van der Waals surface area contributed by atoms with E-state index in [1.165, 1.54) is 12.5 Å². The average Bonchev–Trinajstić information content (AvgIpc) is 2.96. The molecule has 112 valence electrons. The van der Waals surface area contributed by atoms with E-state index in [4.69, 9.17) is 4.74 Å². The smallest absolute Gasteiger partial charge is 0.253 e. The maximum absolute atomic E-state index is 12.1. The minimum Gasteiger partial charge on any atom is -0.390 e. The number of carbonyl (C=O) groups excluding carboxylic acids is 1. The fourth-order valence-electron chi connectivity index (χ4n) is 2.29. The third kappa shape index (κ3) is 2.87. The Hall–Kier alpha value is -2.03. The van der Waals surface area contributed by atoms with E-state index in [0.29, 0.717) is 29.8 Å². The van der Waals surface area contributed by atoms with Gasteiger partial charge in [0.2, 0.25) is 0 Å². The largest absolute Gasteiger partial charge is 0.390 e. The number of aliphatic hydroxyl groups is 2. The van der Waals surface area contributed by atoms with Gasteiger partial charge in [-0.1, -0.05) is 0 Å². The summed E-state index contributed by atoms with van der Waals surface area (Å²) in [5.41, 5.74) is 1.60. The summed E-state index contributed by atoms with van der Waals surface area (Å²) in [6.45, 7) is 0.485. The van der Waals surface area contributed by atoms with E-state index in [9.17, 15) is 15.0 Å². The van der Waals surface area contributed by atoms with Gasteiger partial charge in [0, 0.05) is 19.3 Å². The molecule has 0 saturated carbocycles. The molecule has 0 aromatic carbocycles. The molecule has 0 spiro atoms. The van der Waals surface area contributed by atoms with Crippen molar-refractivity contribution < 1.29 is 19.7 Å². The molecule has 1 saturated heterocycles. The zero-order chi connectivity index (χ0) is 14.8. The highest BCUT2D eigenvalue weighted by atomic mass is 16.5. The Balaban J connectivity index is 1.63. The van der Waals surface area contributed by atoms with Crippen LogP contribution >= 0.6 is 0 Å². The molecule has 0 radical (unpaired) electrons. The van der Waals surface area contributed by atoms with Gasteiger partial charge in [-0.05, 0) is 12.5 Å². The maximum atomic E-state index is 12.1. The van der Waals surface area contributed by atoms with E-state index in [1.807, 2.05) is 0 Å². The third-order valence-electron chi connectivity index (χ3n) is 3.52. The van der Waals surface area contributed by atoms with Gasteiger partial charge in [0.15, 0.2) is 5.65 Å². The van der Waals surface area contributed by atoms with Crippen LogP contribution in [0.25, 0.3) is 11.2 Å². The van der Waals surface area contributed by atoms with Gasteiger partial charge < -0.3 is 25.3 Å². The SMILES string of the molecule is O=C(NCC1OCCC(O)C1O)c1cnc2nc[nH]c2c1. The molecule has 3 unspecified atom stereocenters. The molecule has 1 fully saturated rings. The summed E-state index contributed by atoms with van der Waals surface area (Å²) in [6, 6.07) is 1.65. The van der Waals surface area contributed by atoms with Gasteiger partial charge in [-0.25, -0.2) is 9.97 Å². The van der Waals surface area contributed by atoms with Crippen LogP contribution in [0, 0.1) is 0 Å². The molecule has 0 bridgehead atoms. The van der Waals surface area contributed by atoms with Crippen molar-refractivity contribution in [2.24, 2.45) is 0 Å². The summed E-state index contributed by atoms with van der Waals surface area (Å²) in [6.07, 6.45) is 0.919. The van der Waals surface area contributed by atoms with Gasteiger partial charge in [0.05, 0.1) is 23.5 Å². The van der Waals surface area contributed by atoms with Crippen molar-refractivity contribution in [2.75, 3.05) is 13.2 Å². The number of amides is 1. The second-order valence-electron chi connectivity index (χ2n) is 4.96. The van der Waals surface area contributed by atoms with Crippen LogP contribution in [0.5, 0.6) is 0 Å². The monoisotopic (exact) mass is 292 g/mol. The molecule has 2 aromatic heterocycles. The molecule has 8 heteroatoms. The number of carbonyl (C=O) groups is 1. The van der Waals surface area contributed by atoms with E-state index >= 15 is 0 Å². The van der Waals surface area contributed by atoms with Gasteiger partial charge >= 0.3 is 0 Å². The Bertz CT molecular complexity index is 644. The van der Waals surface area contributed by atoms with Gasteiger partial charge in [-0.2, -0.15) is 0 Å². The topological polar surface area (TPSA) is 120 Å². The number of aromatic nitrogens is 3. The number of aliphatic hydroxyl groups excluding tert-OH is 2. The lowest BCUT2D eigenvalue weighted by Crippen LogP contribution is -2.49. The standard InChI is InChI=1S/C13H16N4O4/c18-9-1-2-21-10(11(9)19)5-15-13(20)7-3-8-12(14-4-7)17-6-16-8/h3-4,6,9-11,18-19H,1-2,5H2,(H,15,20)(H,14,16,17). The highest BCUT2D eigenvalue weighted by molar-refractivity contribution is 5.96. The van der Waals surface area contributed by atoms with Crippen LogP contribution in [0.2, 0.25) is 0 Å². The molecule has 3 rings (SSSR count). The summed E-state index contributed by atoms with van der Waals surface area (Å²) < 4.78 is 5.35. The summed E-state index contributed by atoms with van der Waals surface area (Å²) in [5.74, 6) is -0.324. The van der Waals surface area contributed by atoms with Crippen LogP contribution in [-0.2, 0) is 4.74 Å². The van der Waals surface area contributed by atoms with Gasteiger partial charge in [0.1, 0.15) is 12.2 Å². The second-order valence-corrected chi connectivity index (χ2v) is 4.96. The Morgan fingerprint density at radius 1 is 1.48 bits per heavy atom. The summed E-state index contributed by atoms with van der Waals surface area (Å²) in [5, 5.41) is 22.0. The molecule has 1 amide bonds. The molecule has 2 aromatic rings. The van der Waals surface area contributed by atoms with Crippen molar-refractivity contribution in [3.8, 4) is 0 Å². The van der Waals surface area contributed by atoms with Crippen LogP contribution in [0.1, 0.15) is 16.8 Å². The Morgan fingerprint density at radius 2 is 2.33 bits per heavy atom. The quantitative estimate of drug-likeness (QED) is 0.588. The fourth-order valence-corrected chi connectivity index (χ4v) is 2.29. The molecule has 3 atom stereocenters. The number of H-pyrrole nitrogens is 1. The number of pyridine rings is 1. The van der Waals surface area contributed by atoms with Crippen molar-refractivity contribution in [1.29, 1.82) is 0 Å². The highest BCUT2D eigenvalue weighted by Crippen LogP contribution is 2.14. The lowest BCUT2D eigenvalue weighted by Gasteiger charge is -2.32. The number of aromatic amines is 1. The molecule has 8 nitrogen and oxygen atoms in total. The third-order valence-corrected chi connectivity index (χ3v) is 3.52. The normalized spacial score (nSPS) is 25.9. The minimum atomic E-state index is -0.993. The first-order valence-corrected chi connectivity index (χ1v) is 6.70. The van der Waals surface area contributed by atoms with E-state index in [1.54, 1.807) is 6.07 Å². The molecule has 21 heavy (non-hydrogen) atoms. The highest BCUT2D eigenvalue weighted by Gasteiger charge is 2.31. The zero-order valence-corrected chi connectivity index (χ0v) is 11.2. The van der Waals surface area contributed by atoms with Gasteiger partial charge in [-0.15, -0.1) is 0 Å². The maximum Gasteiger partial charge on any atom is 0.253 e. The van der Waals surface area contributed by atoms with Crippen molar-refractivity contribution in [3.63, 3.8) is 0 Å². The molecule has 4 N–H and O–H groups in total. The Morgan fingerprint density at radius 3 is 3.19 bits per heavy atom. The molecular formula is C13H16N4O4. The summed E-state index contributed by atoms with van der Waals surface area (Å²) in [4.78, 5) is 23.0. The Labute approximate surface area is 120 Å². The number of fused-ring (bicyclic) bond motifs is 1.